The number of benzene rings is 2. The summed E-state index contributed by atoms with van der Waals surface area (Å²) in [5.41, 5.74) is 1.59. The van der Waals surface area contributed by atoms with E-state index in [0.717, 1.165) is 5.56 Å². The van der Waals surface area contributed by atoms with E-state index in [1.807, 2.05) is 31.2 Å². The highest BCUT2D eigenvalue weighted by Crippen LogP contribution is 2.21. The smallest absolute Gasteiger partial charge is 0.260 e. The fraction of sp³-hybridized carbons (Fsp3) is 0.300. The van der Waals surface area contributed by atoms with Gasteiger partial charge in [0.15, 0.2) is 6.61 Å². The molecule has 0 N–H and O–H groups in total. The maximum absolute atomic E-state index is 12.6. The van der Waals surface area contributed by atoms with Crippen LogP contribution >= 0.6 is 23.2 Å². The average Bonchev–Trinajstić information content (AvgIpc) is 2.66. The second-order valence-corrected chi connectivity index (χ2v) is 7.31. The van der Waals surface area contributed by atoms with E-state index in [9.17, 15) is 9.59 Å². The van der Waals surface area contributed by atoms with Crippen molar-refractivity contribution in [3.05, 3.63) is 63.6 Å². The molecule has 0 saturated carbocycles. The van der Waals surface area contributed by atoms with Gasteiger partial charge in [-0.3, -0.25) is 9.59 Å². The van der Waals surface area contributed by atoms with Crippen LogP contribution in [-0.4, -0.2) is 54.4 Å². The highest BCUT2D eigenvalue weighted by Gasteiger charge is 2.25. The van der Waals surface area contributed by atoms with Gasteiger partial charge in [0.25, 0.3) is 11.8 Å². The number of halogens is 2. The fourth-order valence-electron chi connectivity index (χ4n) is 2.89. The van der Waals surface area contributed by atoms with Crippen molar-refractivity contribution in [2.45, 2.75) is 6.92 Å². The van der Waals surface area contributed by atoms with Gasteiger partial charge in [0, 0.05) is 41.8 Å². The number of piperazine rings is 1. The molecule has 2 aromatic carbocycles. The van der Waals surface area contributed by atoms with Gasteiger partial charge in [-0.1, -0.05) is 40.9 Å². The zero-order chi connectivity index (χ0) is 19.4. The molecule has 142 valence electrons. The topological polar surface area (TPSA) is 49.9 Å². The van der Waals surface area contributed by atoms with Crippen LogP contribution in [0.4, 0.5) is 0 Å². The third-order valence-corrected chi connectivity index (χ3v) is 4.85. The van der Waals surface area contributed by atoms with Crippen LogP contribution in [0.15, 0.2) is 42.5 Å². The Morgan fingerprint density at radius 3 is 2.07 bits per heavy atom. The highest BCUT2D eigenvalue weighted by atomic mass is 35.5. The first-order valence-electron chi connectivity index (χ1n) is 8.65. The minimum atomic E-state index is -0.137. The Balaban J connectivity index is 1.51. The molecule has 1 aliphatic rings. The predicted molar refractivity (Wildman–Crippen MR) is 106 cm³/mol. The fourth-order valence-corrected chi connectivity index (χ4v) is 3.42. The zero-order valence-corrected chi connectivity index (χ0v) is 16.5. The molecule has 1 heterocycles. The summed E-state index contributed by atoms with van der Waals surface area (Å²) in [5.74, 6) is 0.441. The summed E-state index contributed by atoms with van der Waals surface area (Å²) >= 11 is 11.9. The molecule has 0 spiro atoms. The van der Waals surface area contributed by atoms with E-state index < -0.39 is 0 Å². The lowest BCUT2D eigenvalue weighted by atomic mass is 10.2. The van der Waals surface area contributed by atoms with Crippen molar-refractivity contribution in [3.8, 4) is 5.75 Å². The van der Waals surface area contributed by atoms with Crippen molar-refractivity contribution >= 4 is 35.0 Å². The second kappa shape index (κ2) is 8.63. The van der Waals surface area contributed by atoms with Crippen LogP contribution in [0.1, 0.15) is 15.9 Å². The van der Waals surface area contributed by atoms with Crippen molar-refractivity contribution < 1.29 is 14.3 Å². The van der Waals surface area contributed by atoms with Gasteiger partial charge in [-0.05, 0) is 37.3 Å². The standard InChI is InChI=1S/C20H20Cl2N2O3/c1-14-2-4-18(5-3-14)27-13-19(25)23-6-8-24(9-7-23)20(26)15-10-16(21)12-17(22)11-15/h2-5,10-12H,6-9,13H2,1H3. The van der Waals surface area contributed by atoms with Crippen molar-refractivity contribution in [1.29, 1.82) is 0 Å². The molecule has 0 aliphatic carbocycles. The Bertz CT molecular complexity index is 811. The number of carbonyl (C=O) groups is 2. The van der Waals surface area contributed by atoms with Crippen LogP contribution in [0, 0.1) is 6.92 Å². The normalized spacial score (nSPS) is 14.2. The summed E-state index contributed by atoms with van der Waals surface area (Å²) in [6, 6.07) is 12.3. The van der Waals surface area contributed by atoms with E-state index in [0.29, 0.717) is 47.5 Å². The number of carbonyl (C=O) groups excluding carboxylic acids is 2. The molecule has 0 aromatic heterocycles. The van der Waals surface area contributed by atoms with Gasteiger partial charge in [-0.25, -0.2) is 0 Å². The van der Waals surface area contributed by atoms with Crippen LogP contribution in [0.5, 0.6) is 5.75 Å². The number of amides is 2. The van der Waals surface area contributed by atoms with Crippen molar-refractivity contribution in [2.75, 3.05) is 32.8 Å². The molecule has 2 amide bonds. The minimum absolute atomic E-state index is 0.0130. The molecule has 0 radical (unpaired) electrons. The van der Waals surface area contributed by atoms with E-state index >= 15 is 0 Å². The Kier molecular flexibility index (Phi) is 6.24. The molecule has 1 saturated heterocycles. The molecule has 0 unspecified atom stereocenters. The number of ether oxygens (including phenoxy) is 1. The summed E-state index contributed by atoms with van der Waals surface area (Å²) in [6.07, 6.45) is 0. The van der Waals surface area contributed by atoms with E-state index in [1.54, 1.807) is 28.0 Å². The third-order valence-electron chi connectivity index (χ3n) is 4.41. The number of hydrogen-bond donors (Lipinski definition) is 0. The summed E-state index contributed by atoms with van der Waals surface area (Å²) in [6.45, 7) is 3.83. The van der Waals surface area contributed by atoms with Gasteiger partial charge in [0.2, 0.25) is 0 Å². The van der Waals surface area contributed by atoms with Crippen molar-refractivity contribution in [1.82, 2.24) is 9.80 Å². The SMILES string of the molecule is Cc1ccc(OCC(=O)N2CCN(C(=O)c3cc(Cl)cc(Cl)c3)CC2)cc1. The summed E-state index contributed by atoms with van der Waals surface area (Å²) in [4.78, 5) is 28.3. The van der Waals surface area contributed by atoms with Gasteiger partial charge in [0.05, 0.1) is 0 Å². The molecular formula is C20H20Cl2N2O3. The molecule has 5 nitrogen and oxygen atoms in total. The zero-order valence-electron chi connectivity index (χ0n) is 15.0. The maximum Gasteiger partial charge on any atom is 0.260 e. The van der Waals surface area contributed by atoms with Crippen LogP contribution < -0.4 is 4.74 Å². The molecule has 1 aliphatic heterocycles. The minimum Gasteiger partial charge on any atom is -0.484 e. The third kappa shape index (κ3) is 5.15. The number of nitrogens with zero attached hydrogens (tertiary/aromatic N) is 2. The second-order valence-electron chi connectivity index (χ2n) is 6.43. The van der Waals surface area contributed by atoms with E-state index in [2.05, 4.69) is 0 Å². The lowest BCUT2D eigenvalue weighted by Gasteiger charge is -2.34. The van der Waals surface area contributed by atoms with Crippen molar-refractivity contribution in [2.24, 2.45) is 0 Å². The van der Waals surface area contributed by atoms with Gasteiger partial charge in [-0.2, -0.15) is 0 Å². The Hall–Kier alpha value is -2.24. The molecule has 2 aromatic rings. The first kappa shape index (κ1) is 19.5. The molecule has 0 bridgehead atoms. The lowest BCUT2D eigenvalue weighted by molar-refractivity contribution is -0.134. The summed E-state index contributed by atoms with van der Waals surface area (Å²) in [5, 5.41) is 0.848. The monoisotopic (exact) mass is 406 g/mol. The maximum atomic E-state index is 12.6. The van der Waals surface area contributed by atoms with Crippen molar-refractivity contribution in [3.63, 3.8) is 0 Å². The first-order valence-corrected chi connectivity index (χ1v) is 9.40. The lowest BCUT2D eigenvalue weighted by Crippen LogP contribution is -2.51. The van der Waals surface area contributed by atoms with Crippen LogP contribution in [-0.2, 0) is 4.79 Å². The number of hydrogen-bond acceptors (Lipinski definition) is 3. The molecular weight excluding hydrogens is 387 g/mol. The Labute approximate surface area is 168 Å². The number of aryl methyl sites for hydroxylation is 1. The largest absolute Gasteiger partial charge is 0.484 e. The van der Waals surface area contributed by atoms with E-state index in [4.69, 9.17) is 27.9 Å². The molecule has 3 rings (SSSR count). The van der Waals surface area contributed by atoms with Crippen LogP contribution in [0.3, 0.4) is 0 Å². The van der Waals surface area contributed by atoms with Gasteiger partial charge < -0.3 is 14.5 Å². The molecule has 7 heteroatoms. The Morgan fingerprint density at radius 2 is 1.48 bits per heavy atom. The molecule has 0 atom stereocenters. The molecule has 27 heavy (non-hydrogen) atoms. The van der Waals surface area contributed by atoms with Crippen LogP contribution in [0.25, 0.3) is 0 Å². The average molecular weight is 407 g/mol. The first-order chi connectivity index (χ1) is 12.9. The molecule has 1 fully saturated rings. The Morgan fingerprint density at radius 1 is 0.926 bits per heavy atom. The summed E-state index contributed by atoms with van der Waals surface area (Å²) in [7, 11) is 0. The van der Waals surface area contributed by atoms with Gasteiger partial charge in [-0.15, -0.1) is 0 Å². The van der Waals surface area contributed by atoms with Crippen LogP contribution in [0.2, 0.25) is 10.0 Å². The quantitative estimate of drug-likeness (QED) is 0.777. The van der Waals surface area contributed by atoms with E-state index in [1.165, 1.54) is 0 Å². The van der Waals surface area contributed by atoms with Gasteiger partial charge in [0.1, 0.15) is 5.75 Å². The predicted octanol–water partition coefficient (Wildman–Crippen LogP) is 3.67. The van der Waals surface area contributed by atoms with E-state index in [-0.39, 0.29) is 18.4 Å². The number of rotatable bonds is 4. The van der Waals surface area contributed by atoms with Gasteiger partial charge >= 0.3 is 0 Å². The summed E-state index contributed by atoms with van der Waals surface area (Å²) < 4.78 is 5.54. The highest BCUT2D eigenvalue weighted by molar-refractivity contribution is 6.35.